The van der Waals surface area contributed by atoms with Gasteiger partial charge in [-0.1, -0.05) is 12.1 Å². The normalized spacial score (nSPS) is 11.5. The molecule has 0 aliphatic carbocycles. The molecule has 24 heavy (non-hydrogen) atoms. The molecule has 0 bridgehead atoms. The van der Waals surface area contributed by atoms with Gasteiger partial charge in [0.1, 0.15) is 11.5 Å². The average molecular weight is 340 g/mol. The van der Waals surface area contributed by atoms with Crippen LogP contribution in [0.3, 0.4) is 0 Å². The maximum Gasteiger partial charge on any atom is 0.216 e. The highest BCUT2D eigenvalue weighted by Crippen LogP contribution is 2.22. The second-order valence-corrected chi connectivity index (χ2v) is 5.15. The van der Waals surface area contributed by atoms with Gasteiger partial charge in [0, 0.05) is 11.8 Å². The third-order valence-corrected chi connectivity index (χ3v) is 3.39. The van der Waals surface area contributed by atoms with E-state index in [4.69, 9.17) is 21.4 Å². The number of ether oxygens (including phenoxy) is 1. The van der Waals surface area contributed by atoms with Gasteiger partial charge in [-0.15, -0.1) is 0 Å². The zero-order valence-corrected chi connectivity index (χ0v) is 13.9. The molecule has 1 N–H and O–H groups in total. The Kier molecular flexibility index (Phi) is 5.02. The minimum absolute atomic E-state index is 0.412. The van der Waals surface area contributed by atoms with E-state index in [1.54, 1.807) is 23.2 Å². The molecule has 6 nitrogen and oxygen atoms in total. The third kappa shape index (κ3) is 3.69. The Balaban J connectivity index is 1.86. The standard InChI is InChI=1S/C17H16N4O2S/c1-2-22-15-7-3-6-13(12-15)16-19-20-17(24)21(16)18-10-4-8-14-9-5-11-23-14/h3-12H,2H2,1H3,(H,20,24)/b8-4+,18-10+. The summed E-state index contributed by atoms with van der Waals surface area (Å²) in [4.78, 5) is 0. The number of allylic oxidation sites excluding steroid dienone is 1. The Morgan fingerprint density at radius 1 is 1.38 bits per heavy atom. The Bertz CT molecular complexity index is 907. The Labute approximate surface area is 144 Å². The lowest BCUT2D eigenvalue weighted by atomic mass is 10.2. The van der Waals surface area contributed by atoms with Crippen molar-refractivity contribution in [2.24, 2.45) is 5.10 Å². The second-order valence-electron chi connectivity index (χ2n) is 4.76. The molecule has 0 radical (unpaired) electrons. The summed E-state index contributed by atoms with van der Waals surface area (Å²) in [6, 6.07) is 11.3. The molecule has 0 spiro atoms. The van der Waals surface area contributed by atoms with Crippen molar-refractivity contribution in [3.8, 4) is 17.1 Å². The lowest BCUT2D eigenvalue weighted by Crippen LogP contribution is -1.95. The van der Waals surface area contributed by atoms with E-state index in [2.05, 4.69) is 15.3 Å². The van der Waals surface area contributed by atoms with Gasteiger partial charge in [0.2, 0.25) is 4.77 Å². The monoisotopic (exact) mass is 340 g/mol. The summed E-state index contributed by atoms with van der Waals surface area (Å²) in [6.45, 7) is 2.55. The van der Waals surface area contributed by atoms with E-state index in [-0.39, 0.29) is 0 Å². The van der Waals surface area contributed by atoms with E-state index in [9.17, 15) is 0 Å². The number of hydrogen-bond donors (Lipinski definition) is 1. The van der Waals surface area contributed by atoms with E-state index in [0.717, 1.165) is 17.1 Å². The molecule has 0 saturated heterocycles. The number of nitrogens with one attached hydrogen (secondary N) is 1. The number of benzene rings is 1. The molecule has 3 aromatic rings. The first-order valence-corrected chi connectivity index (χ1v) is 7.84. The first kappa shape index (κ1) is 15.9. The van der Waals surface area contributed by atoms with Gasteiger partial charge < -0.3 is 9.15 Å². The fourth-order valence-electron chi connectivity index (χ4n) is 2.11. The lowest BCUT2D eigenvalue weighted by molar-refractivity contribution is 0.340. The Morgan fingerprint density at radius 2 is 2.29 bits per heavy atom. The molecule has 0 aliphatic heterocycles. The number of H-pyrrole nitrogens is 1. The van der Waals surface area contributed by atoms with Gasteiger partial charge in [-0.05, 0) is 55.6 Å². The van der Waals surface area contributed by atoms with E-state index in [1.807, 2.05) is 49.4 Å². The fourth-order valence-corrected chi connectivity index (χ4v) is 2.29. The maximum absolute atomic E-state index is 5.52. The van der Waals surface area contributed by atoms with E-state index in [0.29, 0.717) is 17.2 Å². The molecule has 3 rings (SSSR count). The Hall–Kier alpha value is -2.93. The topological polar surface area (TPSA) is 68.3 Å². The van der Waals surface area contributed by atoms with Crippen molar-refractivity contribution < 1.29 is 9.15 Å². The number of furan rings is 1. The number of aromatic amines is 1. The summed E-state index contributed by atoms with van der Waals surface area (Å²) in [5, 5.41) is 11.4. The van der Waals surface area contributed by atoms with Gasteiger partial charge in [0.25, 0.3) is 0 Å². The van der Waals surface area contributed by atoms with Gasteiger partial charge in [-0.3, -0.25) is 0 Å². The third-order valence-electron chi connectivity index (χ3n) is 3.13. The van der Waals surface area contributed by atoms with E-state index in [1.165, 1.54) is 0 Å². The quantitative estimate of drug-likeness (QED) is 0.541. The van der Waals surface area contributed by atoms with Gasteiger partial charge >= 0.3 is 0 Å². The number of nitrogens with zero attached hydrogens (tertiary/aromatic N) is 3. The molecular weight excluding hydrogens is 324 g/mol. The second kappa shape index (κ2) is 7.56. The average Bonchev–Trinajstić information content (AvgIpc) is 3.22. The van der Waals surface area contributed by atoms with Gasteiger partial charge in [0.05, 0.1) is 12.9 Å². The van der Waals surface area contributed by atoms with Crippen molar-refractivity contribution >= 4 is 24.5 Å². The van der Waals surface area contributed by atoms with Crippen molar-refractivity contribution in [1.29, 1.82) is 0 Å². The molecule has 2 heterocycles. The molecule has 0 fully saturated rings. The SMILES string of the molecule is CCOc1cccc(-c2n[nH]c(=S)n2/N=C/C=C/c2ccco2)c1. The zero-order valence-electron chi connectivity index (χ0n) is 13.0. The predicted molar refractivity (Wildman–Crippen MR) is 95.6 cm³/mol. The summed E-state index contributed by atoms with van der Waals surface area (Å²) in [7, 11) is 0. The highest BCUT2D eigenvalue weighted by molar-refractivity contribution is 7.71. The number of aromatic nitrogens is 3. The van der Waals surface area contributed by atoms with Crippen LogP contribution in [0, 0.1) is 4.77 Å². The highest BCUT2D eigenvalue weighted by atomic mass is 32.1. The van der Waals surface area contributed by atoms with Gasteiger partial charge in [-0.25, -0.2) is 5.10 Å². The van der Waals surface area contributed by atoms with Crippen LogP contribution in [-0.2, 0) is 0 Å². The molecule has 2 aromatic heterocycles. The summed E-state index contributed by atoms with van der Waals surface area (Å²) in [6.07, 6.45) is 6.83. The van der Waals surface area contributed by atoms with Crippen molar-refractivity contribution in [3.63, 3.8) is 0 Å². The molecular formula is C17H16N4O2S. The summed E-state index contributed by atoms with van der Waals surface area (Å²) in [5.74, 6) is 2.14. The largest absolute Gasteiger partial charge is 0.494 e. The van der Waals surface area contributed by atoms with Crippen molar-refractivity contribution in [3.05, 3.63) is 59.3 Å². The fraction of sp³-hybridized carbons (Fsp3) is 0.118. The Morgan fingerprint density at radius 3 is 3.08 bits per heavy atom. The van der Waals surface area contributed by atoms with Crippen LogP contribution in [0.1, 0.15) is 12.7 Å². The van der Waals surface area contributed by atoms with Crippen LogP contribution in [0.2, 0.25) is 0 Å². The minimum atomic E-state index is 0.412. The molecule has 1 aromatic carbocycles. The van der Waals surface area contributed by atoms with Crippen molar-refractivity contribution in [2.45, 2.75) is 6.92 Å². The van der Waals surface area contributed by atoms with E-state index >= 15 is 0 Å². The van der Waals surface area contributed by atoms with Crippen LogP contribution in [-0.4, -0.2) is 27.7 Å². The number of hydrogen-bond acceptors (Lipinski definition) is 5. The van der Waals surface area contributed by atoms with E-state index < -0.39 is 0 Å². The first-order chi connectivity index (χ1) is 11.8. The van der Waals surface area contributed by atoms with Crippen LogP contribution < -0.4 is 4.74 Å². The highest BCUT2D eigenvalue weighted by Gasteiger charge is 2.08. The molecule has 0 atom stereocenters. The van der Waals surface area contributed by atoms with Crippen LogP contribution in [0.15, 0.2) is 58.3 Å². The molecule has 0 aliphatic rings. The van der Waals surface area contributed by atoms with Crippen LogP contribution >= 0.6 is 12.2 Å². The summed E-state index contributed by atoms with van der Waals surface area (Å²) >= 11 is 5.24. The zero-order chi connectivity index (χ0) is 16.8. The molecule has 0 unspecified atom stereocenters. The minimum Gasteiger partial charge on any atom is -0.494 e. The van der Waals surface area contributed by atoms with Gasteiger partial charge in [-0.2, -0.15) is 14.9 Å². The lowest BCUT2D eigenvalue weighted by Gasteiger charge is -2.05. The van der Waals surface area contributed by atoms with Crippen LogP contribution in [0.25, 0.3) is 17.5 Å². The smallest absolute Gasteiger partial charge is 0.216 e. The van der Waals surface area contributed by atoms with Gasteiger partial charge in [0.15, 0.2) is 5.82 Å². The molecule has 122 valence electrons. The molecule has 7 heteroatoms. The van der Waals surface area contributed by atoms with Crippen LogP contribution in [0.4, 0.5) is 0 Å². The van der Waals surface area contributed by atoms with Crippen molar-refractivity contribution in [1.82, 2.24) is 14.9 Å². The molecule has 0 saturated carbocycles. The van der Waals surface area contributed by atoms with Crippen molar-refractivity contribution in [2.75, 3.05) is 6.61 Å². The first-order valence-electron chi connectivity index (χ1n) is 7.43. The van der Waals surface area contributed by atoms with Crippen LogP contribution in [0.5, 0.6) is 5.75 Å². The molecule has 0 amide bonds. The summed E-state index contributed by atoms with van der Waals surface area (Å²) < 4.78 is 12.7. The maximum atomic E-state index is 5.52. The predicted octanol–water partition coefficient (Wildman–Crippen LogP) is 4.15. The summed E-state index contributed by atoms with van der Waals surface area (Å²) in [5.41, 5.74) is 0.862. The number of rotatable bonds is 6.